The molecular formula is C9H16F2. The first-order valence-corrected chi connectivity index (χ1v) is 4.21. The van der Waals surface area contributed by atoms with Crippen LogP contribution in [0.2, 0.25) is 0 Å². The Morgan fingerprint density at radius 3 is 2.18 bits per heavy atom. The molecule has 0 radical (unpaired) electrons. The second-order valence-corrected chi connectivity index (χ2v) is 4.46. The summed E-state index contributed by atoms with van der Waals surface area (Å²) in [5.41, 5.74) is -0.179. The molecule has 0 spiro atoms. The molecule has 0 saturated heterocycles. The average molecular weight is 162 g/mol. The van der Waals surface area contributed by atoms with Crippen molar-refractivity contribution >= 4 is 0 Å². The monoisotopic (exact) mass is 162 g/mol. The van der Waals surface area contributed by atoms with Crippen LogP contribution in [0.25, 0.3) is 0 Å². The molecule has 11 heavy (non-hydrogen) atoms. The third-order valence-corrected chi connectivity index (χ3v) is 2.99. The van der Waals surface area contributed by atoms with Gasteiger partial charge in [0, 0.05) is 12.8 Å². The van der Waals surface area contributed by atoms with E-state index in [4.69, 9.17) is 0 Å². The second kappa shape index (κ2) is 2.43. The van der Waals surface area contributed by atoms with Gasteiger partial charge in [-0.25, -0.2) is 8.78 Å². The van der Waals surface area contributed by atoms with Crippen molar-refractivity contribution in [1.82, 2.24) is 0 Å². The van der Waals surface area contributed by atoms with E-state index >= 15 is 0 Å². The van der Waals surface area contributed by atoms with Crippen molar-refractivity contribution in [3.05, 3.63) is 0 Å². The minimum Gasteiger partial charge on any atom is -0.207 e. The molecule has 1 aliphatic rings. The lowest BCUT2D eigenvalue weighted by Crippen LogP contribution is -2.36. The molecule has 1 aliphatic carbocycles. The number of alkyl halides is 2. The molecule has 0 N–H and O–H groups in total. The van der Waals surface area contributed by atoms with Gasteiger partial charge in [-0.1, -0.05) is 20.8 Å². The number of halogens is 2. The maximum atomic E-state index is 12.9. The lowest BCUT2D eigenvalue weighted by Gasteiger charge is -2.40. The Balaban J connectivity index is 2.67. The zero-order valence-electron chi connectivity index (χ0n) is 7.45. The summed E-state index contributed by atoms with van der Waals surface area (Å²) < 4.78 is 25.7. The third-order valence-electron chi connectivity index (χ3n) is 2.99. The molecule has 0 aromatic rings. The standard InChI is InChI=1S/C9H16F2/c1-7-4-5-9(10,11)6-8(7,2)3/h7H,4-6H2,1-3H3. The van der Waals surface area contributed by atoms with Crippen molar-refractivity contribution in [3.63, 3.8) is 0 Å². The number of hydrogen-bond acceptors (Lipinski definition) is 0. The van der Waals surface area contributed by atoms with Crippen LogP contribution in [0.5, 0.6) is 0 Å². The van der Waals surface area contributed by atoms with E-state index in [2.05, 4.69) is 6.92 Å². The topological polar surface area (TPSA) is 0 Å². The van der Waals surface area contributed by atoms with Gasteiger partial charge in [0.15, 0.2) is 0 Å². The van der Waals surface area contributed by atoms with Crippen LogP contribution in [-0.4, -0.2) is 5.92 Å². The molecule has 0 heterocycles. The maximum absolute atomic E-state index is 12.9. The highest BCUT2D eigenvalue weighted by Crippen LogP contribution is 2.47. The van der Waals surface area contributed by atoms with E-state index in [9.17, 15) is 8.78 Å². The quantitative estimate of drug-likeness (QED) is 0.511. The summed E-state index contributed by atoms with van der Waals surface area (Å²) in [6, 6.07) is 0. The Bertz CT molecular complexity index is 150. The molecular weight excluding hydrogens is 146 g/mol. The van der Waals surface area contributed by atoms with Gasteiger partial charge in [0.25, 0.3) is 0 Å². The van der Waals surface area contributed by atoms with Crippen LogP contribution in [-0.2, 0) is 0 Å². The summed E-state index contributed by atoms with van der Waals surface area (Å²) in [7, 11) is 0. The van der Waals surface area contributed by atoms with E-state index in [0.717, 1.165) is 0 Å². The average Bonchev–Trinajstić information content (AvgIpc) is 1.77. The van der Waals surface area contributed by atoms with Gasteiger partial charge in [-0.05, 0) is 17.8 Å². The fourth-order valence-electron chi connectivity index (χ4n) is 1.75. The molecule has 0 aromatic heterocycles. The molecule has 0 nitrogen and oxygen atoms in total. The van der Waals surface area contributed by atoms with Crippen LogP contribution in [0.15, 0.2) is 0 Å². The summed E-state index contributed by atoms with van der Waals surface area (Å²) in [4.78, 5) is 0. The van der Waals surface area contributed by atoms with E-state index in [1.54, 1.807) is 0 Å². The molecule has 0 aliphatic heterocycles. The Morgan fingerprint density at radius 2 is 1.82 bits per heavy atom. The Labute approximate surface area is 67.0 Å². The van der Waals surface area contributed by atoms with Crippen LogP contribution in [0.1, 0.15) is 40.0 Å². The lowest BCUT2D eigenvalue weighted by molar-refractivity contribution is -0.0921. The predicted octanol–water partition coefficient (Wildman–Crippen LogP) is 3.47. The fraction of sp³-hybridized carbons (Fsp3) is 1.00. The second-order valence-electron chi connectivity index (χ2n) is 4.46. The summed E-state index contributed by atoms with van der Waals surface area (Å²) in [6.45, 7) is 5.94. The summed E-state index contributed by atoms with van der Waals surface area (Å²) in [5.74, 6) is -1.97. The van der Waals surface area contributed by atoms with E-state index in [1.165, 1.54) is 0 Å². The molecule has 1 saturated carbocycles. The molecule has 66 valence electrons. The van der Waals surface area contributed by atoms with Crippen LogP contribution >= 0.6 is 0 Å². The highest BCUT2D eigenvalue weighted by Gasteiger charge is 2.43. The summed E-state index contributed by atoms with van der Waals surface area (Å²) >= 11 is 0. The maximum Gasteiger partial charge on any atom is 0.248 e. The van der Waals surface area contributed by atoms with E-state index < -0.39 is 5.92 Å². The molecule has 0 aromatic carbocycles. The van der Waals surface area contributed by atoms with Crippen molar-refractivity contribution in [3.8, 4) is 0 Å². The predicted molar refractivity (Wildman–Crippen MR) is 41.7 cm³/mol. The zero-order valence-corrected chi connectivity index (χ0v) is 7.45. The lowest BCUT2D eigenvalue weighted by atomic mass is 9.68. The first-order chi connectivity index (χ1) is 4.83. The molecule has 1 fully saturated rings. The third kappa shape index (κ3) is 1.91. The highest BCUT2D eigenvalue weighted by atomic mass is 19.3. The first kappa shape index (κ1) is 8.95. The molecule has 2 heteroatoms. The van der Waals surface area contributed by atoms with Gasteiger partial charge in [-0.15, -0.1) is 0 Å². The van der Waals surface area contributed by atoms with E-state index in [1.807, 2.05) is 13.8 Å². The van der Waals surface area contributed by atoms with Gasteiger partial charge >= 0.3 is 0 Å². The Kier molecular flexibility index (Phi) is 1.97. The molecule has 1 atom stereocenters. The van der Waals surface area contributed by atoms with Gasteiger partial charge in [0.1, 0.15) is 0 Å². The van der Waals surface area contributed by atoms with E-state index in [-0.39, 0.29) is 18.3 Å². The van der Waals surface area contributed by atoms with Crippen molar-refractivity contribution in [2.45, 2.75) is 46.0 Å². The Hall–Kier alpha value is -0.140. The van der Waals surface area contributed by atoms with E-state index in [0.29, 0.717) is 12.3 Å². The highest BCUT2D eigenvalue weighted by molar-refractivity contribution is 4.88. The van der Waals surface area contributed by atoms with Crippen molar-refractivity contribution in [2.75, 3.05) is 0 Å². The van der Waals surface area contributed by atoms with Gasteiger partial charge in [0.2, 0.25) is 5.92 Å². The minimum atomic E-state index is -2.41. The van der Waals surface area contributed by atoms with Gasteiger partial charge in [-0.3, -0.25) is 0 Å². The normalized spacial score (nSPS) is 35.2. The number of rotatable bonds is 0. The largest absolute Gasteiger partial charge is 0.248 e. The van der Waals surface area contributed by atoms with Gasteiger partial charge < -0.3 is 0 Å². The first-order valence-electron chi connectivity index (χ1n) is 4.21. The van der Waals surface area contributed by atoms with Crippen molar-refractivity contribution < 1.29 is 8.78 Å². The van der Waals surface area contributed by atoms with Crippen molar-refractivity contribution in [1.29, 1.82) is 0 Å². The Morgan fingerprint density at radius 1 is 1.27 bits per heavy atom. The SMILES string of the molecule is CC1CCC(F)(F)CC1(C)C. The van der Waals surface area contributed by atoms with Crippen LogP contribution < -0.4 is 0 Å². The van der Waals surface area contributed by atoms with Crippen LogP contribution in [0.3, 0.4) is 0 Å². The van der Waals surface area contributed by atoms with Crippen LogP contribution in [0, 0.1) is 11.3 Å². The molecule has 1 unspecified atom stereocenters. The van der Waals surface area contributed by atoms with Crippen LogP contribution in [0.4, 0.5) is 8.78 Å². The van der Waals surface area contributed by atoms with Crippen molar-refractivity contribution in [2.24, 2.45) is 11.3 Å². The summed E-state index contributed by atoms with van der Waals surface area (Å²) in [5, 5.41) is 0. The molecule has 0 bridgehead atoms. The molecule has 0 amide bonds. The fourth-order valence-corrected chi connectivity index (χ4v) is 1.75. The van der Waals surface area contributed by atoms with Gasteiger partial charge in [0.05, 0.1) is 0 Å². The minimum absolute atomic E-state index is 0.0567. The smallest absolute Gasteiger partial charge is 0.207 e. The summed E-state index contributed by atoms with van der Waals surface area (Å²) in [6.07, 6.45) is 0.804. The zero-order chi connectivity index (χ0) is 8.70. The molecule has 1 rings (SSSR count). The van der Waals surface area contributed by atoms with Gasteiger partial charge in [-0.2, -0.15) is 0 Å². The number of hydrogen-bond donors (Lipinski definition) is 0.